The highest BCUT2D eigenvalue weighted by atomic mass is 16.5. The Morgan fingerprint density at radius 3 is 2.54 bits per heavy atom. The number of esters is 1. The van der Waals surface area contributed by atoms with E-state index in [0.717, 1.165) is 0 Å². The summed E-state index contributed by atoms with van der Waals surface area (Å²) in [5.41, 5.74) is -0.205. The summed E-state index contributed by atoms with van der Waals surface area (Å²) < 4.78 is 4.59. The molecule has 0 spiro atoms. The van der Waals surface area contributed by atoms with E-state index in [-0.39, 0.29) is 12.2 Å². The summed E-state index contributed by atoms with van der Waals surface area (Å²) in [6.45, 7) is 1.49. The Morgan fingerprint density at radius 1 is 1.54 bits per heavy atom. The zero-order valence-electron chi connectivity index (χ0n) is 7.11. The summed E-state index contributed by atoms with van der Waals surface area (Å²) in [6, 6.07) is 0. The van der Waals surface area contributed by atoms with E-state index in [1.165, 1.54) is 6.92 Å². The predicted octanol–water partition coefficient (Wildman–Crippen LogP) is 0.466. The van der Waals surface area contributed by atoms with Crippen LogP contribution >= 0.6 is 0 Å². The van der Waals surface area contributed by atoms with E-state index in [4.69, 9.17) is 5.11 Å². The van der Waals surface area contributed by atoms with E-state index >= 15 is 0 Å². The van der Waals surface area contributed by atoms with Crippen LogP contribution in [0, 0.1) is 5.92 Å². The molecule has 0 aromatic rings. The summed E-state index contributed by atoms with van der Waals surface area (Å²) in [7, 11) is 0. The molecule has 0 aromatic carbocycles. The lowest BCUT2D eigenvalue weighted by Crippen LogP contribution is -2.14. The molecule has 0 saturated carbocycles. The highest BCUT2D eigenvalue weighted by molar-refractivity contribution is 5.88. The Labute approximate surface area is 74.6 Å². The lowest BCUT2D eigenvalue weighted by Gasteiger charge is -2.05. The number of carboxylic acid groups (broad SMARTS) is 1. The molecule has 0 radical (unpaired) electrons. The van der Waals surface area contributed by atoms with Gasteiger partial charge in [-0.15, -0.1) is 0 Å². The van der Waals surface area contributed by atoms with Gasteiger partial charge in [-0.25, -0.2) is 4.79 Å². The molecular weight excluding hydrogens is 176 g/mol. The van der Waals surface area contributed by atoms with Crippen LogP contribution < -0.4 is 0 Å². The molecule has 13 heavy (non-hydrogen) atoms. The lowest BCUT2D eigenvalue weighted by molar-refractivity contribution is -0.140. The number of carbonyl (C=O) groups excluding carboxylic acids is 1. The van der Waals surface area contributed by atoms with Crippen LogP contribution in [0.1, 0.15) is 13.3 Å². The number of rotatable bonds is 2. The number of ether oxygens (including phenoxy) is 1. The molecule has 72 valence electrons. The molecule has 1 atom stereocenters. The van der Waals surface area contributed by atoms with Crippen molar-refractivity contribution < 1.29 is 24.5 Å². The Bertz CT molecular complexity index is 278. The minimum absolute atomic E-state index is 0.205. The first-order valence-electron chi connectivity index (χ1n) is 3.83. The van der Waals surface area contributed by atoms with Crippen LogP contribution in [0.3, 0.4) is 0 Å². The maximum absolute atomic E-state index is 10.9. The molecule has 0 bridgehead atoms. The van der Waals surface area contributed by atoms with Crippen molar-refractivity contribution in [1.29, 1.82) is 0 Å². The third-order valence-corrected chi connectivity index (χ3v) is 1.97. The fraction of sp³-hybridized carbons (Fsp3) is 0.500. The minimum Gasteiger partial charge on any atom is -0.511 e. The van der Waals surface area contributed by atoms with Crippen LogP contribution in [0.5, 0.6) is 0 Å². The second kappa shape index (κ2) is 3.47. The number of cyclic esters (lactones) is 1. The fourth-order valence-corrected chi connectivity index (χ4v) is 1.12. The Hall–Kier alpha value is -1.52. The van der Waals surface area contributed by atoms with Gasteiger partial charge in [0.25, 0.3) is 0 Å². The van der Waals surface area contributed by atoms with Crippen molar-refractivity contribution in [3.8, 4) is 0 Å². The fourth-order valence-electron chi connectivity index (χ4n) is 1.12. The molecule has 1 aliphatic rings. The van der Waals surface area contributed by atoms with Gasteiger partial charge in [0.2, 0.25) is 0 Å². The molecule has 1 fully saturated rings. The maximum atomic E-state index is 10.9. The molecule has 0 amide bonds. The van der Waals surface area contributed by atoms with E-state index in [9.17, 15) is 14.7 Å². The SMILES string of the molecule is CC(C(=O)O)=C(O)C1CCOC1=O. The zero-order valence-corrected chi connectivity index (χ0v) is 7.11. The van der Waals surface area contributed by atoms with E-state index in [2.05, 4.69) is 4.74 Å². The summed E-state index contributed by atoms with van der Waals surface area (Å²) >= 11 is 0. The predicted molar refractivity (Wildman–Crippen MR) is 42.0 cm³/mol. The molecule has 0 aromatic heterocycles. The number of carbonyl (C=O) groups is 2. The quantitative estimate of drug-likeness (QED) is 0.372. The third-order valence-electron chi connectivity index (χ3n) is 1.97. The summed E-state index contributed by atoms with van der Waals surface area (Å²) in [6.07, 6.45) is 0.343. The van der Waals surface area contributed by atoms with Gasteiger partial charge in [-0.2, -0.15) is 0 Å². The molecule has 0 aliphatic carbocycles. The monoisotopic (exact) mass is 186 g/mol. The topological polar surface area (TPSA) is 83.8 Å². The lowest BCUT2D eigenvalue weighted by atomic mass is 10.0. The van der Waals surface area contributed by atoms with Crippen molar-refractivity contribution >= 4 is 11.9 Å². The molecule has 1 heterocycles. The van der Waals surface area contributed by atoms with E-state index in [0.29, 0.717) is 6.42 Å². The summed E-state index contributed by atoms with van der Waals surface area (Å²) in [4.78, 5) is 21.4. The molecule has 1 rings (SSSR count). The standard InChI is InChI=1S/C8H10O5/c1-4(7(10)11)6(9)5-2-3-13-8(5)12/h5,9H,2-3H2,1H3,(H,10,11). The van der Waals surface area contributed by atoms with Crippen molar-refractivity contribution in [2.24, 2.45) is 5.92 Å². The molecule has 1 saturated heterocycles. The van der Waals surface area contributed by atoms with E-state index in [1.807, 2.05) is 0 Å². The van der Waals surface area contributed by atoms with Gasteiger partial charge in [-0.05, 0) is 6.92 Å². The Balaban J connectivity index is 2.88. The highest BCUT2D eigenvalue weighted by Gasteiger charge is 2.32. The van der Waals surface area contributed by atoms with Crippen LogP contribution in [0.25, 0.3) is 0 Å². The van der Waals surface area contributed by atoms with Crippen molar-refractivity contribution in [3.05, 3.63) is 11.3 Å². The van der Waals surface area contributed by atoms with Crippen LogP contribution in [0.15, 0.2) is 11.3 Å². The first kappa shape index (κ1) is 9.57. The molecular formula is C8H10O5. The largest absolute Gasteiger partial charge is 0.511 e. The molecule has 5 heteroatoms. The van der Waals surface area contributed by atoms with Gasteiger partial charge in [-0.3, -0.25) is 4.79 Å². The highest BCUT2D eigenvalue weighted by Crippen LogP contribution is 2.23. The molecule has 1 unspecified atom stereocenters. The summed E-state index contributed by atoms with van der Waals surface area (Å²) in [5.74, 6) is -2.97. The minimum atomic E-state index is -1.22. The van der Waals surface area contributed by atoms with Gasteiger partial charge in [-0.1, -0.05) is 0 Å². The summed E-state index contributed by atoms with van der Waals surface area (Å²) in [5, 5.41) is 17.9. The van der Waals surface area contributed by atoms with E-state index in [1.54, 1.807) is 0 Å². The molecule has 5 nitrogen and oxygen atoms in total. The molecule has 2 N–H and O–H groups in total. The van der Waals surface area contributed by atoms with Crippen LogP contribution in [0.4, 0.5) is 0 Å². The van der Waals surface area contributed by atoms with Crippen molar-refractivity contribution in [1.82, 2.24) is 0 Å². The van der Waals surface area contributed by atoms with Gasteiger partial charge in [0.05, 0.1) is 12.2 Å². The van der Waals surface area contributed by atoms with E-state index < -0.39 is 23.6 Å². The number of hydrogen-bond donors (Lipinski definition) is 2. The first-order valence-corrected chi connectivity index (χ1v) is 3.83. The van der Waals surface area contributed by atoms with Crippen molar-refractivity contribution in [2.45, 2.75) is 13.3 Å². The second-order valence-corrected chi connectivity index (χ2v) is 2.82. The number of aliphatic hydroxyl groups is 1. The second-order valence-electron chi connectivity index (χ2n) is 2.82. The van der Waals surface area contributed by atoms with Gasteiger partial charge in [0.1, 0.15) is 11.7 Å². The average Bonchev–Trinajstić information content (AvgIpc) is 2.48. The average molecular weight is 186 g/mol. The zero-order chi connectivity index (χ0) is 10.0. The number of carboxylic acids is 1. The third kappa shape index (κ3) is 1.80. The number of hydrogen-bond acceptors (Lipinski definition) is 4. The van der Waals surface area contributed by atoms with Gasteiger partial charge in [0, 0.05) is 6.42 Å². The first-order chi connectivity index (χ1) is 6.04. The van der Waals surface area contributed by atoms with Gasteiger partial charge >= 0.3 is 11.9 Å². The smallest absolute Gasteiger partial charge is 0.334 e. The Kier molecular flexibility index (Phi) is 2.55. The van der Waals surface area contributed by atoms with Gasteiger partial charge in [0.15, 0.2) is 0 Å². The van der Waals surface area contributed by atoms with Crippen LogP contribution in [0.2, 0.25) is 0 Å². The maximum Gasteiger partial charge on any atom is 0.334 e. The Morgan fingerprint density at radius 2 is 2.15 bits per heavy atom. The van der Waals surface area contributed by atoms with Crippen LogP contribution in [-0.4, -0.2) is 28.8 Å². The van der Waals surface area contributed by atoms with Crippen molar-refractivity contribution in [3.63, 3.8) is 0 Å². The number of aliphatic carboxylic acids is 1. The van der Waals surface area contributed by atoms with Crippen LogP contribution in [-0.2, 0) is 14.3 Å². The number of aliphatic hydroxyl groups excluding tert-OH is 1. The molecule has 1 aliphatic heterocycles. The van der Waals surface area contributed by atoms with Gasteiger partial charge < -0.3 is 14.9 Å². The van der Waals surface area contributed by atoms with Crippen molar-refractivity contribution in [2.75, 3.05) is 6.61 Å². The normalized spacial score (nSPS) is 23.8.